The SMILES string of the molecule is CCCc1nc(NC)c(C)c(Sc2nnc(SC)s2)n1. The smallest absolute Gasteiger partial charge is 0.181 e. The molecular formula is C12H17N5S3. The van der Waals surface area contributed by atoms with Gasteiger partial charge in [0.1, 0.15) is 16.7 Å². The molecule has 0 aliphatic carbocycles. The third-order valence-electron chi connectivity index (χ3n) is 2.60. The van der Waals surface area contributed by atoms with Gasteiger partial charge in [-0.1, -0.05) is 30.0 Å². The highest BCUT2D eigenvalue weighted by atomic mass is 32.2. The summed E-state index contributed by atoms with van der Waals surface area (Å²) in [5.41, 5.74) is 1.05. The van der Waals surface area contributed by atoms with E-state index >= 15 is 0 Å². The van der Waals surface area contributed by atoms with Crippen LogP contribution in [0.4, 0.5) is 5.82 Å². The summed E-state index contributed by atoms with van der Waals surface area (Å²) in [6.45, 7) is 4.16. The van der Waals surface area contributed by atoms with Crippen molar-refractivity contribution in [2.24, 2.45) is 0 Å². The van der Waals surface area contributed by atoms with Gasteiger partial charge >= 0.3 is 0 Å². The lowest BCUT2D eigenvalue weighted by molar-refractivity contribution is 0.803. The fourth-order valence-corrected chi connectivity index (χ4v) is 4.07. The van der Waals surface area contributed by atoms with Crippen LogP contribution in [0.15, 0.2) is 13.7 Å². The van der Waals surface area contributed by atoms with Crippen LogP contribution in [0.3, 0.4) is 0 Å². The Morgan fingerprint density at radius 1 is 1.20 bits per heavy atom. The molecule has 0 unspecified atom stereocenters. The molecule has 20 heavy (non-hydrogen) atoms. The molecule has 1 N–H and O–H groups in total. The molecule has 8 heteroatoms. The summed E-state index contributed by atoms with van der Waals surface area (Å²) < 4.78 is 1.89. The first-order valence-electron chi connectivity index (χ1n) is 6.28. The van der Waals surface area contributed by atoms with Crippen LogP contribution < -0.4 is 5.32 Å². The van der Waals surface area contributed by atoms with Crippen molar-refractivity contribution in [3.63, 3.8) is 0 Å². The van der Waals surface area contributed by atoms with Crippen LogP contribution in [0, 0.1) is 6.92 Å². The first-order valence-corrected chi connectivity index (χ1v) is 9.14. The van der Waals surface area contributed by atoms with Crippen LogP contribution >= 0.6 is 34.9 Å². The third-order valence-corrected chi connectivity index (χ3v) is 5.64. The van der Waals surface area contributed by atoms with Crippen molar-refractivity contribution >= 4 is 40.7 Å². The molecular weight excluding hydrogens is 310 g/mol. The molecule has 0 spiro atoms. The molecule has 0 aromatic carbocycles. The summed E-state index contributed by atoms with van der Waals surface area (Å²) in [6.07, 6.45) is 3.92. The fourth-order valence-electron chi connectivity index (χ4n) is 1.62. The quantitative estimate of drug-likeness (QED) is 0.643. The lowest BCUT2D eigenvalue weighted by Gasteiger charge is -2.10. The van der Waals surface area contributed by atoms with E-state index in [1.165, 1.54) is 0 Å². The molecule has 5 nitrogen and oxygen atoms in total. The van der Waals surface area contributed by atoms with E-state index in [9.17, 15) is 0 Å². The van der Waals surface area contributed by atoms with Gasteiger partial charge in [0, 0.05) is 19.0 Å². The van der Waals surface area contributed by atoms with Crippen LogP contribution in [-0.2, 0) is 6.42 Å². The molecule has 2 heterocycles. The molecule has 2 aromatic heterocycles. The zero-order valence-corrected chi connectivity index (χ0v) is 14.4. The topological polar surface area (TPSA) is 63.6 Å². The molecule has 0 aliphatic rings. The summed E-state index contributed by atoms with van der Waals surface area (Å²) in [7, 11) is 1.89. The van der Waals surface area contributed by atoms with Gasteiger partial charge in [-0.05, 0) is 31.4 Å². The Morgan fingerprint density at radius 3 is 2.55 bits per heavy atom. The van der Waals surface area contributed by atoms with Crippen molar-refractivity contribution in [3.8, 4) is 0 Å². The molecule has 0 atom stereocenters. The van der Waals surface area contributed by atoms with Gasteiger partial charge in [-0.2, -0.15) is 0 Å². The standard InChI is InChI=1S/C12H17N5S3/c1-5-6-8-14-9(13-3)7(2)10(15-8)19-12-17-16-11(18-4)20-12/h5-6H2,1-4H3,(H,13,14,15). The molecule has 0 radical (unpaired) electrons. The highest BCUT2D eigenvalue weighted by molar-refractivity contribution is 8.03. The normalized spacial score (nSPS) is 10.8. The molecule has 0 fully saturated rings. The zero-order valence-electron chi connectivity index (χ0n) is 11.9. The second-order valence-corrected chi connectivity index (χ2v) is 7.33. The second-order valence-electron chi connectivity index (χ2n) is 4.06. The van der Waals surface area contributed by atoms with E-state index in [0.29, 0.717) is 0 Å². The Kier molecular flexibility index (Phi) is 5.62. The van der Waals surface area contributed by atoms with Crippen molar-refractivity contribution in [2.45, 2.75) is 40.4 Å². The van der Waals surface area contributed by atoms with E-state index in [0.717, 1.165) is 43.8 Å². The Labute approximate surface area is 131 Å². The van der Waals surface area contributed by atoms with Crippen LogP contribution in [0.2, 0.25) is 0 Å². The van der Waals surface area contributed by atoms with Crippen LogP contribution in [0.25, 0.3) is 0 Å². The maximum atomic E-state index is 4.64. The van der Waals surface area contributed by atoms with Gasteiger partial charge in [0.2, 0.25) is 0 Å². The molecule has 0 bridgehead atoms. The lowest BCUT2D eigenvalue weighted by atomic mass is 10.3. The average molecular weight is 328 g/mol. The van der Waals surface area contributed by atoms with Crippen LogP contribution in [-0.4, -0.2) is 33.5 Å². The van der Waals surface area contributed by atoms with E-state index in [4.69, 9.17) is 0 Å². The average Bonchev–Trinajstić information content (AvgIpc) is 2.90. The summed E-state index contributed by atoms with van der Waals surface area (Å²) in [5, 5.41) is 12.4. The number of aromatic nitrogens is 4. The van der Waals surface area contributed by atoms with E-state index in [1.54, 1.807) is 34.9 Å². The van der Waals surface area contributed by atoms with Crippen molar-refractivity contribution in [2.75, 3.05) is 18.6 Å². The molecule has 0 aliphatic heterocycles. The van der Waals surface area contributed by atoms with Gasteiger partial charge in [0.15, 0.2) is 8.68 Å². The maximum absolute atomic E-state index is 4.64. The number of hydrogen-bond acceptors (Lipinski definition) is 8. The first kappa shape index (κ1) is 15.5. The van der Waals surface area contributed by atoms with E-state index in [1.807, 2.05) is 20.2 Å². The minimum atomic E-state index is 0.875. The van der Waals surface area contributed by atoms with Gasteiger partial charge in [-0.15, -0.1) is 10.2 Å². The predicted octanol–water partition coefficient (Wildman–Crippen LogP) is 3.50. The zero-order chi connectivity index (χ0) is 14.5. The van der Waals surface area contributed by atoms with Crippen LogP contribution in [0.5, 0.6) is 0 Å². The third kappa shape index (κ3) is 3.62. The second kappa shape index (κ2) is 7.24. The summed E-state index contributed by atoms with van der Waals surface area (Å²) in [5.74, 6) is 1.76. The highest BCUT2D eigenvalue weighted by Gasteiger charge is 2.13. The maximum Gasteiger partial charge on any atom is 0.181 e. The Hall–Kier alpha value is -0.860. The largest absolute Gasteiger partial charge is 0.373 e. The molecule has 108 valence electrons. The van der Waals surface area contributed by atoms with E-state index in [2.05, 4.69) is 32.4 Å². The minimum Gasteiger partial charge on any atom is -0.373 e. The van der Waals surface area contributed by atoms with Crippen molar-refractivity contribution in [1.29, 1.82) is 0 Å². The molecule has 0 amide bonds. The molecule has 0 saturated carbocycles. The Bertz CT molecular complexity index is 584. The predicted molar refractivity (Wildman–Crippen MR) is 86.1 cm³/mol. The molecule has 2 aromatic rings. The van der Waals surface area contributed by atoms with Gasteiger partial charge in [0.25, 0.3) is 0 Å². The number of hydrogen-bond donors (Lipinski definition) is 1. The Morgan fingerprint density at radius 2 is 1.95 bits per heavy atom. The van der Waals surface area contributed by atoms with E-state index in [-0.39, 0.29) is 0 Å². The van der Waals surface area contributed by atoms with Gasteiger partial charge < -0.3 is 5.32 Å². The first-order chi connectivity index (χ1) is 9.67. The molecule has 0 saturated heterocycles. The molecule has 2 rings (SSSR count). The number of nitrogens with zero attached hydrogens (tertiary/aromatic N) is 4. The lowest BCUT2D eigenvalue weighted by Crippen LogP contribution is -2.04. The van der Waals surface area contributed by atoms with E-state index < -0.39 is 0 Å². The number of anilines is 1. The number of thioether (sulfide) groups is 1. The highest BCUT2D eigenvalue weighted by Crippen LogP contribution is 2.34. The summed E-state index contributed by atoms with van der Waals surface area (Å²) >= 11 is 4.76. The summed E-state index contributed by atoms with van der Waals surface area (Å²) in [6, 6.07) is 0. The number of rotatable bonds is 6. The van der Waals surface area contributed by atoms with Crippen molar-refractivity contribution < 1.29 is 0 Å². The van der Waals surface area contributed by atoms with Crippen molar-refractivity contribution in [3.05, 3.63) is 11.4 Å². The number of aryl methyl sites for hydroxylation is 1. The van der Waals surface area contributed by atoms with Crippen molar-refractivity contribution in [1.82, 2.24) is 20.2 Å². The Balaban J connectivity index is 2.31. The van der Waals surface area contributed by atoms with Gasteiger partial charge in [-0.3, -0.25) is 0 Å². The monoisotopic (exact) mass is 327 g/mol. The van der Waals surface area contributed by atoms with Gasteiger partial charge in [0.05, 0.1) is 0 Å². The summed E-state index contributed by atoms with van der Waals surface area (Å²) in [4.78, 5) is 9.18. The number of nitrogens with one attached hydrogen (secondary N) is 1. The minimum absolute atomic E-state index is 0.875. The van der Waals surface area contributed by atoms with Crippen LogP contribution in [0.1, 0.15) is 24.7 Å². The van der Waals surface area contributed by atoms with Gasteiger partial charge in [-0.25, -0.2) is 9.97 Å². The fraction of sp³-hybridized carbons (Fsp3) is 0.500.